The lowest BCUT2D eigenvalue weighted by atomic mass is 9.88. The molecule has 3 nitrogen and oxygen atoms in total. The van der Waals surface area contributed by atoms with Crippen LogP contribution in [0.25, 0.3) is 0 Å². The number of hydrogen-bond acceptors (Lipinski definition) is 2. The number of nitrogens with two attached hydrogens (primary N) is 1. The molecule has 2 saturated carbocycles. The second-order valence-electron chi connectivity index (χ2n) is 5.24. The molecule has 92 valence electrons. The van der Waals surface area contributed by atoms with E-state index in [1.807, 2.05) is 0 Å². The molecular weight excluding hydrogens is 200 g/mol. The maximum Gasteiger partial charge on any atom is 0.225 e. The number of nitrogens with zero attached hydrogens (tertiary/aromatic N) is 1. The molecule has 0 aromatic rings. The van der Waals surface area contributed by atoms with Crippen LogP contribution in [-0.4, -0.2) is 29.9 Å². The van der Waals surface area contributed by atoms with Crippen LogP contribution in [0.1, 0.15) is 51.4 Å². The highest BCUT2D eigenvalue weighted by molar-refractivity contribution is 5.79. The van der Waals surface area contributed by atoms with Gasteiger partial charge in [0.1, 0.15) is 0 Å². The molecule has 2 rings (SSSR count). The van der Waals surface area contributed by atoms with Crippen molar-refractivity contribution in [2.75, 3.05) is 13.1 Å². The summed E-state index contributed by atoms with van der Waals surface area (Å²) >= 11 is 0. The Kier molecular flexibility index (Phi) is 4.22. The van der Waals surface area contributed by atoms with Gasteiger partial charge in [-0.1, -0.05) is 19.3 Å². The van der Waals surface area contributed by atoms with Gasteiger partial charge in [0.2, 0.25) is 5.91 Å². The third-order valence-electron chi connectivity index (χ3n) is 3.83. The third kappa shape index (κ3) is 2.97. The summed E-state index contributed by atoms with van der Waals surface area (Å²) in [5, 5.41) is 0. The van der Waals surface area contributed by atoms with Gasteiger partial charge in [-0.25, -0.2) is 0 Å². The first-order valence-corrected chi connectivity index (χ1v) is 6.83. The van der Waals surface area contributed by atoms with Crippen molar-refractivity contribution in [3.63, 3.8) is 0 Å². The third-order valence-corrected chi connectivity index (χ3v) is 3.83. The minimum atomic E-state index is 0.326. The van der Waals surface area contributed by atoms with Crippen LogP contribution in [0.15, 0.2) is 0 Å². The van der Waals surface area contributed by atoms with Gasteiger partial charge in [0.15, 0.2) is 0 Å². The Balaban J connectivity index is 1.87. The van der Waals surface area contributed by atoms with E-state index in [1.165, 1.54) is 32.1 Å². The lowest BCUT2D eigenvalue weighted by Gasteiger charge is -2.29. The van der Waals surface area contributed by atoms with Crippen molar-refractivity contribution >= 4 is 5.91 Å². The maximum atomic E-state index is 12.4. The van der Waals surface area contributed by atoms with Crippen LogP contribution in [0.2, 0.25) is 0 Å². The van der Waals surface area contributed by atoms with Gasteiger partial charge in [-0.05, 0) is 38.6 Å². The SMILES string of the molecule is NCCCN(C(=O)C1CCCCC1)C1CC1. The number of amides is 1. The van der Waals surface area contributed by atoms with Crippen molar-refractivity contribution in [1.29, 1.82) is 0 Å². The summed E-state index contributed by atoms with van der Waals surface area (Å²) in [5.74, 6) is 0.753. The van der Waals surface area contributed by atoms with Crippen LogP contribution < -0.4 is 5.73 Å². The molecule has 0 spiro atoms. The highest BCUT2D eigenvalue weighted by atomic mass is 16.2. The number of hydrogen-bond donors (Lipinski definition) is 1. The summed E-state index contributed by atoms with van der Waals surface area (Å²) < 4.78 is 0. The van der Waals surface area contributed by atoms with Gasteiger partial charge in [0.05, 0.1) is 0 Å². The summed E-state index contributed by atoms with van der Waals surface area (Å²) in [5.41, 5.74) is 5.54. The predicted octanol–water partition coefficient (Wildman–Crippen LogP) is 1.91. The minimum Gasteiger partial charge on any atom is -0.339 e. The molecule has 0 unspecified atom stereocenters. The molecule has 2 aliphatic rings. The molecule has 0 aromatic carbocycles. The average Bonchev–Trinajstić information content (AvgIpc) is 3.15. The van der Waals surface area contributed by atoms with Crippen LogP contribution in [0, 0.1) is 5.92 Å². The first-order chi connectivity index (χ1) is 7.83. The summed E-state index contributed by atoms with van der Waals surface area (Å²) in [6, 6.07) is 0.556. The quantitative estimate of drug-likeness (QED) is 0.775. The molecule has 0 aromatic heterocycles. The largest absolute Gasteiger partial charge is 0.339 e. The van der Waals surface area contributed by atoms with E-state index in [0.29, 0.717) is 24.4 Å². The van der Waals surface area contributed by atoms with Gasteiger partial charge in [-0.2, -0.15) is 0 Å². The second-order valence-corrected chi connectivity index (χ2v) is 5.24. The van der Waals surface area contributed by atoms with Gasteiger partial charge >= 0.3 is 0 Å². The van der Waals surface area contributed by atoms with Gasteiger partial charge in [-0.3, -0.25) is 4.79 Å². The first kappa shape index (κ1) is 11.9. The molecule has 0 radical (unpaired) electrons. The molecular formula is C13H24N2O. The Labute approximate surface area is 98.4 Å². The Bertz CT molecular complexity index is 232. The van der Waals surface area contributed by atoms with Crippen LogP contribution in [0.5, 0.6) is 0 Å². The summed E-state index contributed by atoms with van der Waals surface area (Å²) in [6.07, 6.45) is 9.41. The first-order valence-electron chi connectivity index (χ1n) is 6.83. The van der Waals surface area contributed by atoms with E-state index in [2.05, 4.69) is 4.90 Å². The number of carbonyl (C=O) groups is 1. The van der Waals surface area contributed by atoms with Gasteiger partial charge in [0, 0.05) is 18.5 Å². The Morgan fingerprint density at radius 3 is 2.38 bits per heavy atom. The zero-order valence-corrected chi connectivity index (χ0v) is 10.2. The average molecular weight is 224 g/mol. The lowest BCUT2D eigenvalue weighted by molar-refractivity contribution is -0.137. The number of rotatable bonds is 5. The molecule has 2 aliphatic carbocycles. The van der Waals surface area contributed by atoms with Gasteiger partial charge in [0.25, 0.3) is 0 Å². The Hall–Kier alpha value is -0.570. The van der Waals surface area contributed by atoms with Crippen molar-refractivity contribution in [2.24, 2.45) is 11.7 Å². The summed E-state index contributed by atoms with van der Waals surface area (Å²) in [7, 11) is 0. The highest BCUT2D eigenvalue weighted by Crippen LogP contribution is 2.32. The van der Waals surface area contributed by atoms with E-state index in [4.69, 9.17) is 5.73 Å². The van der Waals surface area contributed by atoms with Gasteiger partial charge in [-0.15, -0.1) is 0 Å². The van der Waals surface area contributed by atoms with Gasteiger partial charge < -0.3 is 10.6 Å². The molecule has 0 aliphatic heterocycles. The molecule has 0 bridgehead atoms. The van der Waals surface area contributed by atoms with Crippen molar-refractivity contribution in [1.82, 2.24) is 4.90 Å². The maximum absolute atomic E-state index is 12.4. The van der Waals surface area contributed by atoms with Crippen LogP contribution in [0.3, 0.4) is 0 Å². The smallest absolute Gasteiger partial charge is 0.225 e. The number of carbonyl (C=O) groups excluding carboxylic acids is 1. The van der Waals surface area contributed by atoms with E-state index in [1.54, 1.807) is 0 Å². The molecule has 2 fully saturated rings. The zero-order valence-electron chi connectivity index (χ0n) is 10.2. The predicted molar refractivity (Wildman–Crippen MR) is 65.0 cm³/mol. The molecule has 0 atom stereocenters. The Morgan fingerprint density at radius 2 is 1.81 bits per heavy atom. The molecule has 3 heteroatoms. The minimum absolute atomic E-state index is 0.326. The topological polar surface area (TPSA) is 46.3 Å². The molecule has 1 amide bonds. The van der Waals surface area contributed by atoms with E-state index >= 15 is 0 Å². The molecule has 16 heavy (non-hydrogen) atoms. The molecule has 0 heterocycles. The molecule has 2 N–H and O–H groups in total. The standard InChI is InChI=1S/C13H24N2O/c14-9-4-10-15(12-7-8-12)13(16)11-5-2-1-3-6-11/h11-12H,1-10,14H2. The monoisotopic (exact) mass is 224 g/mol. The van der Waals surface area contributed by atoms with Crippen LogP contribution >= 0.6 is 0 Å². The second kappa shape index (κ2) is 5.67. The van der Waals surface area contributed by atoms with Crippen molar-refractivity contribution in [2.45, 2.75) is 57.4 Å². The van der Waals surface area contributed by atoms with Crippen LogP contribution in [-0.2, 0) is 4.79 Å². The summed E-state index contributed by atoms with van der Waals surface area (Å²) in [4.78, 5) is 14.5. The lowest BCUT2D eigenvalue weighted by Crippen LogP contribution is -2.39. The molecule has 0 saturated heterocycles. The van der Waals surface area contributed by atoms with Crippen molar-refractivity contribution in [3.05, 3.63) is 0 Å². The fraction of sp³-hybridized carbons (Fsp3) is 0.923. The fourth-order valence-electron chi connectivity index (χ4n) is 2.70. The summed E-state index contributed by atoms with van der Waals surface area (Å²) in [6.45, 7) is 1.58. The van der Waals surface area contributed by atoms with E-state index in [-0.39, 0.29) is 0 Å². The van der Waals surface area contributed by atoms with Crippen molar-refractivity contribution < 1.29 is 4.79 Å². The Morgan fingerprint density at radius 1 is 1.12 bits per heavy atom. The van der Waals surface area contributed by atoms with E-state index in [0.717, 1.165) is 25.8 Å². The van der Waals surface area contributed by atoms with E-state index < -0.39 is 0 Å². The van der Waals surface area contributed by atoms with Crippen LogP contribution in [0.4, 0.5) is 0 Å². The normalized spacial score (nSPS) is 22.1. The zero-order chi connectivity index (χ0) is 11.4. The van der Waals surface area contributed by atoms with Crippen molar-refractivity contribution in [3.8, 4) is 0 Å². The fourth-order valence-corrected chi connectivity index (χ4v) is 2.70. The highest BCUT2D eigenvalue weighted by Gasteiger charge is 2.35. The van der Waals surface area contributed by atoms with E-state index in [9.17, 15) is 4.79 Å².